The molecule has 3 N–H and O–H groups in total. The number of nitrogens with zero attached hydrogens (tertiary/aromatic N) is 1. The molecule has 4 nitrogen and oxygen atoms in total. The van der Waals surface area contributed by atoms with Gasteiger partial charge >= 0.3 is 5.97 Å². The number of aliphatic carboxylic acids is 1. The largest absolute Gasteiger partial charge is 0.481 e. The fourth-order valence-corrected chi connectivity index (χ4v) is 1.48. The van der Waals surface area contributed by atoms with Gasteiger partial charge in [-0.05, 0) is 43.5 Å². The predicted octanol–water partition coefficient (Wildman–Crippen LogP) is 1.06. The standard InChI is InChI=1S/C11H16N2O2/c12-5-1-2-10(11(14)15)8-9-3-6-13-7-4-9/h3-4,6-7,10H,1-2,5,8,12H2,(H,14,15). The number of rotatable bonds is 6. The van der Waals surface area contributed by atoms with E-state index < -0.39 is 5.97 Å². The number of carbonyl (C=O) groups is 1. The molecule has 0 saturated carbocycles. The number of hydrogen-bond acceptors (Lipinski definition) is 3. The van der Waals surface area contributed by atoms with Gasteiger partial charge in [-0.3, -0.25) is 9.78 Å². The SMILES string of the molecule is NCCCC(Cc1ccncc1)C(=O)O. The Labute approximate surface area is 89.1 Å². The minimum absolute atomic E-state index is 0.337. The summed E-state index contributed by atoms with van der Waals surface area (Å²) in [6.07, 6.45) is 5.29. The average molecular weight is 208 g/mol. The summed E-state index contributed by atoms with van der Waals surface area (Å²) in [5.74, 6) is -1.09. The highest BCUT2D eigenvalue weighted by Crippen LogP contribution is 2.13. The lowest BCUT2D eigenvalue weighted by molar-refractivity contribution is -0.141. The molecule has 0 amide bonds. The minimum Gasteiger partial charge on any atom is -0.481 e. The van der Waals surface area contributed by atoms with Crippen LogP contribution in [-0.4, -0.2) is 22.6 Å². The van der Waals surface area contributed by atoms with Crippen LogP contribution in [0.1, 0.15) is 18.4 Å². The first kappa shape index (κ1) is 11.7. The van der Waals surface area contributed by atoms with E-state index in [1.54, 1.807) is 12.4 Å². The summed E-state index contributed by atoms with van der Waals surface area (Å²) in [7, 11) is 0. The summed E-state index contributed by atoms with van der Waals surface area (Å²) in [6.45, 7) is 0.542. The molecule has 0 aliphatic rings. The predicted molar refractivity (Wildman–Crippen MR) is 57.4 cm³/mol. The highest BCUT2D eigenvalue weighted by atomic mass is 16.4. The summed E-state index contributed by atoms with van der Waals surface area (Å²) < 4.78 is 0. The molecule has 15 heavy (non-hydrogen) atoms. The van der Waals surface area contributed by atoms with Crippen LogP contribution in [0.4, 0.5) is 0 Å². The zero-order valence-corrected chi connectivity index (χ0v) is 8.60. The van der Waals surface area contributed by atoms with Gasteiger partial charge in [0.1, 0.15) is 0 Å². The molecule has 1 aromatic rings. The molecule has 0 saturated heterocycles. The second-order valence-corrected chi connectivity index (χ2v) is 3.53. The van der Waals surface area contributed by atoms with Crippen molar-refractivity contribution in [3.63, 3.8) is 0 Å². The maximum atomic E-state index is 11.0. The molecular weight excluding hydrogens is 192 g/mol. The number of aromatic nitrogens is 1. The van der Waals surface area contributed by atoms with Gasteiger partial charge in [0.2, 0.25) is 0 Å². The van der Waals surface area contributed by atoms with E-state index in [-0.39, 0.29) is 5.92 Å². The molecule has 1 unspecified atom stereocenters. The Balaban J connectivity index is 2.55. The van der Waals surface area contributed by atoms with Crippen molar-refractivity contribution >= 4 is 5.97 Å². The molecule has 82 valence electrons. The topological polar surface area (TPSA) is 76.2 Å². The van der Waals surface area contributed by atoms with Crippen molar-refractivity contribution in [1.82, 2.24) is 4.98 Å². The van der Waals surface area contributed by atoms with Crippen LogP contribution in [0, 0.1) is 5.92 Å². The first-order valence-electron chi connectivity index (χ1n) is 5.06. The van der Waals surface area contributed by atoms with E-state index in [1.165, 1.54) is 0 Å². The highest BCUT2D eigenvalue weighted by Gasteiger charge is 2.16. The quantitative estimate of drug-likeness (QED) is 0.733. The van der Waals surface area contributed by atoms with Crippen molar-refractivity contribution in [1.29, 1.82) is 0 Å². The molecule has 0 aromatic carbocycles. The third-order valence-electron chi connectivity index (χ3n) is 2.34. The Hall–Kier alpha value is -1.42. The molecule has 0 spiro atoms. The summed E-state index contributed by atoms with van der Waals surface area (Å²) in [6, 6.07) is 3.69. The Morgan fingerprint density at radius 2 is 2.13 bits per heavy atom. The molecule has 1 rings (SSSR count). The van der Waals surface area contributed by atoms with Gasteiger partial charge in [-0.15, -0.1) is 0 Å². The molecule has 0 bridgehead atoms. The van der Waals surface area contributed by atoms with Crippen molar-refractivity contribution in [2.75, 3.05) is 6.54 Å². The van der Waals surface area contributed by atoms with E-state index in [0.717, 1.165) is 12.0 Å². The first-order valence-corrected chi connectivity index (χ1v) is 5.06. The van der Waals surface area contributed by atoms with Gasteiger partial charge in [-0.25, -0.2) is 0 Å². The minimum atomic E-state index is -0.750. The van der Waals surface area contributed by atoms with Crippen LogP contribution in [0.2, 0.25) is 0 Å². The Kier molecular flexibility index (Phi) is 4.77. The zero-order valence-electron chi connectivity index (χ0n) is 8.60. The molecule has 0 aliphatic carbocycles. The van der Waals surface area contributed by atoms with E-state index in [9.17, 15) is 4.79 Å². The molecule has 1 heterocycles. The second-order valence-electron chi connectivity index (χ2n) is 3.53. The summed E-state index contributed by atoms with van der Waals surface area (Å²) in [4.78, 5) is 14.8. The lowest BCUT2D eigenvalue weighted by Crippen LogP contribution is -2.17. The number of carboxylic acids is 1. The molecule has 0 radical (unpaired) electrons. The molecule has 1 atom stereocenters. The van der Waals surface area contributed by atoms with Crippen molar-refractivity contribution in [3.05, 3.63) is 30.1 Å². The van der Waals surface area contributed by atoms with Gasteiger partial charge in [0.15, 0.2) is 0 Å². The fraction of sp³-hybridized carbons (Fsp3) is 0.455. The highest BCUT2D eigenvalue weighted by molar-refractivity contribution is 5.70. The maximum Gasteiger partial charge on any atom is 0.306 e. The van der Waals surface area contributed by atoms with E-state index in [2.05, 4.69) is 4.98 Å². The van der Waals surface area contributed by atoms with E-state index in [4.69, 9.17) is 10.8 Å². The van der Waals surface area contributed by atoms with Gasteiger partial charge in [-0.2, -0.15) is 0 Å². The van der Waals surface area contributed by atoms with Crippen LogP contribution in [0.25, 0.3) is 0 Å². The van der Waals surface area contributed by atoms with Gasteiger partial charge in [0.05, 0.1) is 5.92 Å². The molecule has 1 aromatic heterocycles. The summed E-state index contributed by atoms with van der Waals surface area (Å²) in [5.41, 5.74) is 6.38. The average Bonchev–Trinajstić information content (AvgIpc) is 2.25. The second kappa shape index (κ2) is 6.14. The van der Waals surface area contributed by atoms with Gasteiger partial charge in [0.25, 0.3) is 0 Å². The molecule has 4 heteroatoms. The van der Waals surface area contributed by atoms with Crippen molar-refractivity contribution in [2.24, 2.45) is 11.7 Å². The normalized spacial score (nSPS) is 12.3. The Bertz CT molecular complexity index is 301. The molecule has 0 fully saturated rings. The van der Waals surface area contributed by atoms with E-state index in [0.29, 0.717) is 19.4 Å². The van der Waals surface area contributed by atoms with Crippen LogP contribution in [0.3, 0.4) is 0 Å². The zero-order chi connectivity index (χ0) is 11.1. The van der Waals surface area contributed by atoms with Crippen molar-refractivity contribution in [2.45, 2.75) is 19.3 Å². The van der Waals surface area contributed by atoms with Crippen molar-refractivity contribution in [3.8, 4) is 0 Å². The summed E-state index contributed by atoms with van der Waals surface area (Å²) in [5, 5.41) is 9.00. The Morgan fingerprint density at radius 1 is 1.47 bits per heavy atom. The van der Waals surface area contributed by atoms with Gasteiger partial charge < -0.3 is 10.8 Å². The van der Waals surface area contributed by atoms with Gasteiger partial charge in [0, 0.05) is 12.4 Å². The fourth-order valence-electron chi connectivity index (χ4n) is 1.48. The number of pyridine rings is 1. The van der Waals surface area contributed by atoms with E-state index >= 15 is 0 Å². The third kappa shape index (κ3) is 4.08. The van der Waals surface area contributed by atoms with Crippen LogP contribution < -0.4 is 5.73 Å². The number of nitrogens with two attached hydrogens (primary N) is 1. The number of carboxylic acid groups (broad SMARTS) is 1. The van der Waals surface area contributed by atoms with Crippen LogP contribution in [-0.2, 0) is 11.2 Å². The lowest BCUT2D eigenvalue weighted by Gasteiger charge is -2.11. The maximum absolute atomic E-state index is 11.0. The first-order chi connectivity index (χ1) is 7.24. The van der Waals surface area contributed by atoms with Crippen LogP contribution in [0.5, 0.6) is 0 Å². The smallest absolute Gasteiger partial charge is 0.306 e. The van der Waals surface area contributed by atoms with Crippen molar-refractivity contribution < 1.29 is 9.90 Å². The third-order valence-corrected chi connectivity index (χ3v) is 2.34. The molecular formula is C11H16N2O2. The lowest BCUT2D eigenvalue weighted by atomic mass is 9.95. The van der Waals surface area contributed by atoms with Crippen LogP contribution in [0.15, 0.2) is 24.5 Å². The van der Waals surface area contributed by atoms with E-state index in [1.807, 2.05) is 12.1 Å². The number of hydrogen-bond donors (Lipinski definition) is 2. The van der Waals surface area contributed by atoms with Crippen LogP contribution >= 0.6 is 0 Å². The van der Waals surface area contributed by atoms with Gasteiger partial charge in [-0.1, -0.05) is 0 Å². The monoisotopic (exact) mass is 208 g/mol. The Morgan fingerprint density at radius 3 is 2.67 bits per heavy atom. The molecule has 0 aliphatic heterocycles. The summed E-state index contributed by atoms with van der Waals surface area (Å²) >= 11 is 0.